The molecular weight excluding hydrogens is 416 g/mol. The third kappa shape index (κ3) is 6.23. The first-order valence-corrected chi connectivity index (χ1v) is 11.4. The number of amides is 1. The van der Waals surface area contributed by atoms with Crippen molar-refractivity contribution < 1.29 is 22.7 Å². The van der Waals surface area contributed by atoms with E-state index in [1.54, 1.807) is 55.5 Å². The molecule has 0 fully saturated rings. The van der Waals surface area contributed by atoms with E-state index < -0.39 is 16.1 Å². The number of para-hydroxylation sites is 1. The summed E-state index contributed by atoms with van der Waals surface area (Å²) >= 11 is 0. The van der Waals surface area contributed by atoms with Gasteiger partial charge in [0.2, 0.25) is 10.0 Å². The number of ether oxygens (including phenoxy) is 2. The normalized spacial score (nSPS) is 12.0. The number of benzene rings is 3. The van der Waals surface area contributed by atoms with Crippen LogP contribution in [0.2, 0.25) is 0 Å². The molecule has 0 radical (unpaired) electrons. The molecule has 0 aromatic heterocycles. The first-order valence-electron chi connectivity index (χ1n) is 9.57. The molecule has 3 aromatic carbocycles. The van der Waals surface area contributed by atoms with Gasteiger partial charge in [-0.15, -0.1) is 0 Å². The molecule has 0 saturated carbocycles. The van der Waals surface area contributed by atoms with Crippen LogP contribution in [0.4, 0.5) is 11.4 Å². The minimum Gasteiger partial charge on any atom is -0.481 e. The SMILES string of the molecule is C[C@@H](Oc1ccc(N(C)S(C)(=O)=O)cc1)C(=O)Nc1ccc(Oc2ccccc2)cc1. The van der Waals surface area contributed by atoms with Crippen molar-refractivity contribution in [3.63, 3.8) is 0 Å². The quantitative estimate of drug-likeness (QED) is 0.565. The highest BCUT2D eigenvalue weighted by atomic mass is 32.2. The fourth-order valence-corrected chi connectivity index (χ4v) is 3.16. The van der Waals surface area contributed by atoms with Crippen molar-refractivity contribution in [2.75, 3.05) is 22.9 Å². The van der Waals surface area contributed by atoms with Gasteiger partial charge in [-0.2, -0.15) is 0 Å². The van der Waals surface area contributed by atoms with E-state index in [9.17, 15) is 13.2 Å². The van der Waals surface area contributed by atoms with Gasteiger partial charge in [0, 0.05) is 12.7 Å². The number of nitrogens with zero attached hydrogens (tertiary/aromatic N) is 1. The van der Waals surface area contributed by atoms with Crippen molar-refractivity contribution in [1.29, 1.82) is 0 Å². The molecule has 7 nitrogen and oxygen atoms in total. The highest BCUT2D eigenvalue weighted by Gasteiger charge is 2.16. The summed E-state index contributed by atoms with van der Waals surface area (Å²) < 4.78 is 35.8. The fourth-order valence-electron chi connectivity index (χ4n) is 2.66. The van der Waals surface area contributed by atoms with Crippen LogP contribution in [0.15, 0.2) is 78.9 Å². The largest absolute Gasteiger partial charge is 0.481 e. The third-order valence-corrected chi connectivity index (χ3v) is 5.69. The Kier molecular flexibility index (Phi) is 6.81. The summed E-state index contributed by atoms with van der Waals surface area (Å²) in [6, 6.07) is 22.9. The Morgan fingerprint density at radius 1 is 0.871 bits per heavy atom. The number of carbonyl (C=O) groups excluding carboxylic acids is 1. The summed E-state index contributed by atoms with van der Waals surface area (Å²) in [5.41, 5.74) is 1.12. The maximum Gasteiger partial charge on any atom is 0.265 e. The number of rotatable bonds is 8. The zero-order chi connectivity index (χ0) is 22.4. The van der Waals surface area contributed by atoms with E-state index in [0.717, 1.165) is 16.3 Å². The second kappa shape index (κ2) is 9.53. The summed E-state index contributed by atoms with van der Waals surface area (Å²) in [4.78, 5) is 12.4. The van der Waals surface area contributed by atoms with Crippen LogP contribution in [-0.2, 0) is 14.8 Å². The highest BCUT2D eigenvalue weighted by Crippen LogP contribution is 2.24. The summed E-state index contributed by atoms with van der Waals surface area (Å²) in [6.07, 6.45) is 0.378. The van der Waals surface area contributed by atoms with Gasteiger partial charge in [0.05, 0.1) is 11.9 Å². The molecule has 0 aliphatic rings. The molecule has 31 heavy (non-hydrogen) atoms. The molecule has 3 rings (SSSR count). The van der Waals surface area contributed by atoms with E-state index >= 15 is 0 Å². The van der Waals surface area contributed by atoms with Crippen molar-refractivity contribution in [2.24, 2.45) is 0 Å². The molecule has 8 heteroatoms. The molecule has 0 aliphatic heterocycles. The van der Waals surface area contributed by atoms with Gasteiger partial charge in [-0.1, -0.05) is 18.2 Å². The number of hydrogen-bond donors (Lipinski definition) is 1. The van der Waals surface area contributed by atoms with E-state index in [2.05, 4.69) is 5.32 Å². The second-order valence-electron chi connectivity index (χ2n) is 6.91. The molecule has 0 unspecified atom stereocenters. The van der Waals surface area contributed by atoms with E-state index in [4.69, 9.17) is 9.47 Å². The van der Waals surface area contributed by atoms with Crippen LogP contribution in [-0.4, -0.2) is 33.7 Å². The molecule has 1 amide bonds. The maximum atomic E-state index is 12.4. The number of carbonyl (C=O) groups is 1. The standard InChI is InChI=1S/C23H24N2O5S/c1-17(29-21-15-11-19(12-16-21)25(2)31(3,27)28)23(26)24-18-9-13-22(14-10-18)30-20-7-5-4-6-8-20/h4-17H,1-3H3,(H,24,26)/t17-/m1/s1. The Balaban J connectivity index is 1.55. The molecule has 1 atom stereocenters. The number of hydrogen-bond acceptors (Lipinski definition) is 5. The second-order valence-corrected chi connectivity index (χ2v) is 8.93. The Morgan fingerprint density at radius 3 is 2.00 bits per heavy atom. The lowest BCUT2D eigenvalue weighted by molar-refractivity contribution is -0.122. The molecule has 1 N–H and O–H groups in total. The lowest BCUT2D eigenvalue weighted by Gasteiger charge is -2.18. The zero-order valence-corrected chi connectivity index (χ0v) is 18.3. The molecule has 0 heterocycles. The monoisotopic (exact) mass is 440 g/mol. The average Bonchev–Trinajstić information content (AvgIpc) is 2.75. The summed E-state index contributed by atoms with van der Waals surface area (Å²) in [7, 11) is -1.87. The summed E-state index contributed by atoms with van der Waals surface area (Å²) in [6.45, 7) is 1.64. The predicted molar refractivity (Wildman–Crippen MR) is 121 cm³/mol. The van der Waals surface area contributed by atoms with Gasteiger partial charge in [0.15, 0.2) is 6.10 Å². The van der Waals surface area contributed by atoms with Crippen molar-refractivity contribution in [3.05, 3.63) is 78.9 Å². The minimum atomic E-state index is -3.34. The van der Waals surface area contributed by atoms with Gasteiger partial charge in [-0.05, 0) is 67.6 Å². The Labute approximate surface area is 182 Å². The van der Waals surface area contributed by atoms with Crippen LogP contribution in [0.5, 0.6) is 17.2 Å². The molecule has 3 aromatic rings. The molecular formula is C23H24N2O5S. The van der Waals surface area contributed by atoms with Gasteiger partial charge in [-0.25, -0.2) is 8.42 Å². The van der Waals surface area contributed by atoms with Gasteiger partial charge < -0.3 is 14.8 Å². The third-order valence-electron chi connectivity index (χ3n) is 4.48. The van der Waals surface area contributed by atoms with E-state index in [1.807, 2.05) is 30.3 Å². The smallest absolute Gasteiger partial charge is 0.265 e. The molecule has 0 aliphatic carbocycles. The number of anilines is 2. The van der Waals surface area contributed by atoms with Crippen LogP contribution >= 0.6 is 0 Å². The molecule has 0 saturated heterocycles. The number of nitrogens with one attached hydrogen (secondary N) is 1. The lowest BCUT2D eigenvalue weighted by atomic mass is 10.2. The fraction of sp³-hybridized carbons (Fsp3) is 0.174. The van der Waals surface area contributed by atoms with Crippen molar-refractivity contribution in [1.82, 2.24) is 0 Å². The number of sulfonamides is 1. The topological polar surface area (TPSA) is 84.9 Å². The predicted octanol–water partition coefficient (Wildman–Crippen LogP) is 4.28. The first-order chi connectivity index (χ1) is 14.7. The van der Waals surface area contributed by atoms with E-state index in [-0.39, 0.29) is 5.91 Å². The van der Waals surface area contributed by atoms with Crippen LogP contribution in [0, 0.1) is 0 Å². The zero-order valence-electron chi connectivity index (χ0n) is 17.5. The Bertz CT molecular complexity index is 1110. The van der Waals surface area contributed by atoms with Crippen molar-refractivity contribution in [2.45, 2.75) is 13.0 Å². The Hall–Kier alpha value is -3.52. The van der Waals surface area contributed by atoms with Crippen LogP contribution in [0.3, 0.4) is 0 Å². The average molecular weight is 441 g/mol. The van der Waals surface area contributed by atoms with Crippen molar-refractivity contribution in [3.8, 4) is 17.2 Å². The van der Waals surface area contributed by atoms with Crippen LogP contribution < -0.4 is 19.1 Å². The van der Waals surface area contributed by atoms with Gasteiger partial charge in [-0.3, -0.25) is 9.10 Å². The molecule has 0 spiro atoms. The van der Waals surface area contributed by atoms with Crippen LogP contribution in [0.1, 0.15) is 6.92 Å². The molecule has 0 bridgehead atoms. The summed E-state index contributed by atoms with van der Waals surface area (Å²) in [5, 5.41) is 2.80. The Morgan fingerprint density at radius 2 is 1.42 bits per heavy atom. The van der Waals surface area contributed by atoms with Gasteiger partial charge in [0.1, 0.15) is 17.2 Å². The lowest BCUT2D eigenvalue weighted by Crippen LogP contribution is -2.30. The van der Waals surface area contributed by atoms with Crippen molar-refractivity contribution >= 4 is 27.3 Å². The summed E-state index contributed by atoms with van der Waals surface area (Å²) in [5.74, 6) is 1.54. The van der Waals surface area contributed by atoms with Crippen LogP contribution in [0.25, 0.3) is 0 Å². The molecule has 162 valence electrons. The maximum absolute atomic E-state index is 12.4. The van der Waals surface area contributed by atoms with Gasteiger partial charge >= 0.3 is 0 Å². The van der Waals surface area contributed by atoms with E-state index in [0.29, 0.717) is 22.9 Å². The highest BCUT2D eigenvalue weighted by molar-refractivity contribution is 7.92. The van der Waals surface area contributed by atoms with E-state index in [1.165, 1.54) is 7.05 Å². The minimum absolute atomic E-state index is 0.311. The van der Waals surface area contributed by atoms with Gasteiger partial charge in [0.25, 0.3) is 5.91 Å². The first kappa shape index (κ1) is 22.2.